The van der Waals surface area contributed by atoms with E-state index in [-0.39, 0.29) is 29.7 Å². The molecule has 0 amide bonds. The molecule has 8 heteroatoms. The van der Waals surface area contributed by atoms with Gasteiger partial charge in [-0.25, -0.2) is 0 Å². The number of hydrogen-bond donors (Lipinski definition) is 0. The molecule has 0 fully saturated rings. The predicted octanol–water partition coefficient (Wildman–Crippen LogP) is 12.1. The van der Waals surface area contributed by atoms with Gasteiger partial charge in [-0.2, -0.15) is 0 Å². The summed E-state index contributed by atoms with van der Waals surface area (Å²) in [7, 11) is 0. The Hall–Kier alpha value is -1.48. The van der Waals surface area contributed by atoms with Crippen LogP contribution >= 0.6 is 45.3 Å². The fraction of sp³-hybridized carbons (Fsp3) is 0.556. The van der Waals surface area contributed by atoms with Crippen molar-refractivity contribution < 1.29 is 0 Å². The first-order valence-corrected chi connectivity index (χ1v) is 14.2. The molecule has 0 aliphatic rings. The molecule has 0 aliphatic carbocycles. The molecule has 0 bridgehead atoms. The highest BCUT2D eigenvalue weighted by atomic mass is 32.1. The Labute approximate surface area is 237 Å². The van der Waals surface area contributed by atoms with Gasteiger partial charge < -0.3 is 0 Å². The molecular weight excluding hydrogens is 509 g/mol. The van der Waals surface area contributed by atoms with Gasteiger partial charge in [0.2, 0.25) is 0 Å². The minimum Gasteiger partial charge on any atom is -0.253 e. The molecule has 0 spiro atoms. The Morgan fingerprint density at radius 2 is 1.14 bits per heavy atom. The van der Waals surface area contributed by atoms with E-state index < -0.39 is 0 Å². The number of aromatic nitrogens is 4. The Kier molecular flexibility index (Phi) is 83.6. The zero-order chi connectivity index (χ0) is 24.8. The van der Waals surface area contributed by atoms with Crippen molar-refractivity contribution in [1.82, 2.24) is 19.9 Å². The van der Waals surface area contributed by atoms with Crippen LogP contribution in [0, 0.1) is 20.8 Å². The van der Waals surface area contributed by atoms with Gasteiger partial charge in [0.15, 0.2) is 0 Å². The maximum absolute atomic E-state index is 3.94. The Morgan fingerprint density at radius 1 is 0.571 bits per heavy atom. The van der Waals surface area contributed by atoms with Gasteiger partial charge in [-0.3, -0.25) is 19.9 Å². The largest absolute Gasteiger partial charge is 0.253 e. The van der Waals surface area contributed by atoms with Crippen LogP contribution in [0.25, 0.3) is 0 Å². The fourth-order valence-corrected chi connectivity index (χ4v) is 2.77. The average molecular weight is 567 g/mol. The van der Waals surface area contributed by atoms with Crippen LogP contribution in [-0.4, -0.2) is 19.9 Å². The molecule has 4 rings (SSSR count). The number of rotatable bonds is 0. The minimum atomic E-state index is 0. The summed E-state index contributed by atoms with van der Waals surface area (Å²) in [5.74, 6) is 0. The lowest BCUT2D eigenvalue weighted by atomic mass is 10.6. The van der Waals surface area contributed by atoms with Gasteiger partial charge in [-0.1, -0.05) is 85.1 Å². The summed E-state index contributed by atoms with van der Waals surface area (Å²) in [5, 5.41) is 7.05. The topological polar surface area (TPSA) is 51.6 Å². The number of thiazole rings is 4. The summed E-state index contributed by atoms with van der Waals surface area (Å²) in [6.45, 7) is 22.0. The fourth-order valence-electron chi connectivity index (χ4n) is 1.02. The van der Waals surface area contributed by atoms with Crippen LogP contribution in [-0.2, 0) is 0 Å². The minimum absolute atomic E-state index is 0. The molecule has 0 radical (unpaired) electrons. The highest BCUT2D eigenvalue weighted by Crippen LogP contribution is 2.00. The van der Waals surface area contributed by atoms with Gasteiger partial charge in [0, 0.05) is 45.3 Å². The lowest BCUT2D eigenvalue weighted by Gasteiger charge is -1.65. The van der Waals surface area contributed by atoms with Crippen LogP contribution in [0.15, 0.2) is 51.3 Å². The molecular formula is C27H58N4S4. The van der Waals surface area contributed by atoms with E-state index in [9.17, 15) is 0 Å². The highest BCUT2D eigenvalue weighted by molar-refractivity contribution is 7.09. The molecule has 0 unspecified atom stereocenters. The Balaban J connectivity index is -0.0000000409. The Bertz CT molecular complexity index is 571. The molecule has 0 aliphatic heterocycles. The van der Waals surface area contributed by atoms with Gasteiger partial charge >= 0.3 is 0 Å². The van der Waals surface area contributed by atoms with E-state index in [1.54, 1.807) is 63.3 Å². The normalized spacial score (nSPS) is 6.37. The maximum Gasteiger partial charge on any atom is 0.0893 e. The molecule has 0 saturated carbocycles. The summed E-state index contributed by atoms with van der Waals surface area (Å²) in [6, 6.07) is 0. The van der Waals surface area contributed by atoms with Crippen molar-refractivity contribution in [3.05, 3.63) is 66.8 Å². The lowest BCUT2D eigenvalue weighted by molar-refractivity contribution is 1.27. The molecule has 35 heavy (non-hydrogen) atoms. The smallest absolute Gasteiger partial charge is 0.0893 e. The van der Waals surface area contributed by atoms with E-state index in [2.05, 4.69) is 19.9 Å². The van der Waals surface area contributed by atoms with E-state index in [0.717, 1.165) is 10.7 Å². The van der Waals surface area contributed by atoms with Crippen LogP contribution in [0.4, 0.5) is 0 Å². The van der Waals surface area contributed by atoms with E-state index in [1.165, 1.54) is 4.88 Å². The second-order valence-electron chi connectivity index (χ2n) is 3.97. The molecule has 4 heterocycles. The standard InChI is InChI=1S/3C4H5NS.C3H3NS.4C2H6.4CH4/c1-4-2-6-3-5-4;1-4-2-5-3-6-4;1-4-5-2-3-6-4;1-2-5-3-4-1;4*1-2;;;;/h3*2-3H,1H3;1-3H;4*1-2H3;4*1H4. The SMILES string of the molecule is C.C.C.C.CC.CC.CC.CC.Cc1cncs1.Cc1cscn1.Cc1nccs1.c1cscn1. The molecule has 4 aromatic rings. The van der Waals surface area contributed by atoms with Crippen molar-refractivity contribution in [2.24, 2.45) is 0 Å². The lowest BCUT2D eigenvalue weighted by Crippen LogP contribution is -1.59. The van der Waals surface area contributed by atoms with E-state index >= 15 is 0 Å². The quantitative estimate of drug-likeness (QED) is 0.212. The van der Waals surface area contributed by atoms with Gasteiger partial charge in [0.05, 0.1) is 21.5 Å². The first-order chi connectivity index (χ1) is 15.2. The second kappa shape index (κ2) is 53.7. The monoisotopic (exact) mass is 566 g/mol. The summed E-state index contributed by atoms with van der Waals surface area (Å²) in [6.07, 6.45) is 5.43. The number of aryl methyl sites for hydroxylation is 3. The number of hydrogen-bond acceptors (Lipinski definition) is 8. The summed E-state index contributed by atoms with van der Waals surface area (Å²) >= 11 is 6.56. The van der Waals surface area contributed by atoms with Gasteiger partial charge in [-0.15, -0.1) is 45.3 Å². The third-order valence-electron chi connectivity index (χ3n) is 2.01. The second-order valence-corrected chi connectivity index (χ2v) is 7.63. The summed E-state index contributed by atoms with van der Waals surface area (Å²) in [4.78, 5) is 16.7. The van der Waals surface area contributed by atoms with E-state index in [0.29, 0.717) is 0 Å². The van der Waals surface area contributed by atoms with Crippen LogP contribution in [0.5, 0.6) is 0 Å². The Morgan fingerprint density at radius 3 is 1.26 bits per heavy atom. The van der Waals surface area contributed by atoms with Crippen molar-refractivity contribution in [2.75, 3.05) is 0 Å². The zero-order valence-electron chi connectivity index (χ0n) is 21.1. The predicted molar refractivity (Wildman–Crippen MR) is 175 cm³/mol. The van der Waals surface area contributed by atoms with Crippen LogP contribution in [0.1, 0.15) is 101 Å². The van der Waals surface area contributed by atoms with Crippen molar-refractivity contribution in [2.45, 2.75) is 106 Å². The van der Waals surface area contributed by atoms with Gasteiger partial charge in [-0.05, 0) is 20.8 Å². The zero-order valence-corrected chi connectivity index (χ0v) is 24.4. The van der Waals surface area contributed by atoms with Crippen molar-refractivity contribution in [3.8, 4) is 0 Å². The molecule has 0 aromatic carbocycles. The molecule has 210 valence electrons. The summed E-state index contributed by atoms with van der Waals surface area (Å²) < 4.78 is 0. The van der Waals surface area contributed by atoms with E-state index in [1.807, 2.05) is 110 Å². The molecule has 0 atom stereocenters. The number of nitrogens with zero attached hydrogens (tertiary/aromatic N) is 4. The van der Waals surface area contributed by atoms with Crippen LogP contribution in [0.2, 0.25) is 0 Å². The molecule has 4 aromatic heterocycles. The van der Waals surface area contributed by atoms with Crippen molar-refractivity contribution in [1.29, 1.82) is 0 Å². The van der Waals surface area contributed by atoms with E-state index in [4.69, 9.17) is 0 Å². The van der Waals surface area contributed by atoms with Gasteiger partial charge in [0.25, 0.3) is 0 Å². The first-order valence-electron chi connectivity index (χ1n) is 10.6. The van der Waals surface area contributed by atoms with Crippen molar-refractivity contribution in [3.63, 3.8) is 0 Å². The van der Waals surface area contributed by atoms with Crippen LogP contribution < -0.4 is 0 Å². The first kappa shape index (κ1) is 54.4. The molecule has 0 N–H and O–H groups in total. The summed E-state index contributed by atoms with van der Waals surface area (Å²) in [5.41, 5.74) is 6.56. The average Bonchev–Trinajstić information content (AvgIpc) is 3.65. The van der Waals surface area contributed by atoms with Crippen molar-refractivity contribution >= 4 is 45.3 Å². The molecule has 4 nitrogen and oxygen atoms in total. The third-order valence-corrected chi connectivity index (χ3v) is 4.65. The highest BCUT2D eigenvalue weighted by Gasteiger charge is 1.77. The van der Waals surface area contributed by atoms with Gasteiger partial charge in [0.1, 0.15) is 0 Å². The third kappa shape index (κ3) is 50.4. The van der Waals surface area contributed by atoms with Crippen LogP contribution in [0.3, 0.4) is 0 Å². The maximum atomic E-state index is 3.94. The molecule has 0 saturated heterocycles.